The standard InChI is InChI=1S/C16H17ClNO/c1-18(2)11-12-19-16-10-6-4-8-14(16)13-7-3-5-9-15(13)17/h3-6,8-10H,11-12H2,1-2H3. The van der Waals surface area contributed by atoms with Crippen LogP contribution in [-0.2, 0) is 0 Å². The molecule has 0 fully saturated rings. The van der Waals surface area contributed by atoms with E-state index < -0.39 is 0 Å². The largest absolute Gasteiger partial charge is 0.492 e. The fraction of sp³-hybridized carbons (Fsp3) is 0.250. The molecular formula is C16H17ClNO. The van der Waals surface area contributed by atoms with Crippen LogP contribution in [0.4, 0.5) is 0 Å². The summed E-state index contributed by atoms with van der Waals surface area (Å²) in [6.45, 7) is 1.52. The highest BCUT2D eigenvalue weighted by atomic mass is 35.5. The molecule has 0 N–H and O–H groups in total. The van der Waals surface area contributed by atoms with Crippen LogP contribution in [0, 0.1) is 6.07 Å². The van der Waals surface area contributed by atoms with Crippen molar-refractivity contribution in [1.29, 1.82) is 0 Å². The van der Waals surface area contributed by atoms with Gasteiger partial charge in [-0.25, -0.2) is 0 Å². The normalized spacial score (nSPS) is 10.7. The molecule has 0 aromatic heterocycles. The van der Waals surface area contributed by atoms with Gasteiger partial charge in [0.15, 0.2) is 0 Å². The zero-order valence-corrected chi connectivity index (χ0v) is 11.9. The Balaban J connectivity index is 2.24. The summed E-state index contributed by atoms with van der Waals surface area (Å²) in [7, 11) is 4.05. The highest BCUT2D eigenvalue weighted by Gasteiger charge is 2.09. The van der Waals surface area contributed by atoms with Gasteiger partial charge in [-0.05, 0) is 32.3 Å². The van der Waals surface area contributed by atoms with Crippen LogP contribution in [0.25, 0.3) is 11.1 Å². The number of ether oxygens (including phenoxy) is 1. The lowest BCUT2D eigenvalue weighted by Crippen LogP contribution is -2.19. The second kappa shape index (κ2) is 6.60. The SMILES string of the molecule is CN(C)CCOc1ccccc1-c1[c]cccc1Cl. The molecule has 0 saturated carbocycles. The Morgan fingerprint density at radius 3 is 2.68 bits per heavy atom. The zero-order chi connectivity index (χ0) is 13.7. The van der Waals surface area contributed by atoms with Gasteiger partial charge in [-0.3, -0.25) is 0 Å². The summed E-state index contributed by atoms with van der Waals surface area (Å²) in [4.78, 5) is 2.09. The van der Waals surface area contributed by atoms with E-state index in [1.165, 1.54) is 0 Å². The summed E-state index contributed by atoms with van der Waals surface area (Å²) in [5.74, 6) is 0.841. The van der Waals surface area contributed by atoms with Gasteiger partial charge in [0.2, 0.25) is 0 Å². The molecule has 0 unspecified atom stereocenters. The molecule has 19 heavy (non-hydrogen) atoms. The molecule has 0 spiro atoms. The van der Waals surface area contributed by atoms with E-state index in [4.69, 9.17) is 16.3 Å². The van der Waals surface area contributed by atoms with E-state index in [-0.39, 0.29) is 0 Å². The topological polar surface area (TPSA) is 12.5 Å². The molecule has 0 atom stereocenters. The Hall–Kier alpha value is -1.51. The second-order valence-electron chi connectivity index (χ2n) is 4.54. The smallest absolute Gasteiger partial charge is 0.127 e. The summed E-state index contributed by atoms with van der Waals surface area (Å²) in [6, 6.07) is 16.7. The summed E-state index contributed by atoms with van der Waals surface area (Å²) in [5, 5.41) is 0.686. The van der Waals surface area contributed by atoms with E-state index in [1.807, 2.05) is 56.6 Å². The van der Waals surface area contributed by atoms with Crippen molar-refractivity contribution in [2.75, 3.05) is 27.2 Å². The predicted molar refractivity (Wildman–Crippen MR) is 79.8 cm³/mol. The first-order valence-corrected chi connectivity index (χ1v) is 6.59. The number of para-hydroxylation sites is 1. The lowest BCUT2D eigenvalue weighted by Gasteiger charge is -2.14. The summed E-state index contributed by atoms with van der Waals surface area (Å²) in [5.41, 5.74) is 1.86. The van der Waals surface area contributed by atoms with Gasteiger partial charge in [0.25, 0.3) is 0 Å². The van der Waals surface area contributed by atoms with Crippen molar-refractivity contribution >= 4 is 11.6 Å². The first-order chi connectivity index (χ1) is 9.18. The maximum absolute atomic E-state index is 6.22. The van der Waals surface area contributed by atoms with Gasteiger partial charge in [-0.2, -0.15) is 0 Å². The van der Waals surface area contributed by atoms with Gasteiger partial charge in [0.05, 0.1) is 0 Å². The first-order valence-electron chi connectivity index (χ1n) is 6.21. The van der Waals surface area contributed by atoms with Crippen LogP contribution < -0.4 is 4.74 Å². The third-order valence-corrected chi connectivity index (χ3v) is 3.07. The minimum atomic E-state index is 0.647. The minimum Gasteiger partial charge on any atom is -0.492 e. The fourth-order valence-corrected chi connectivity index (χ4v) is 1.99. The molecule has 0 aliphatic heterocycles. The number of rotatable bonds is 5. The van der Waals surface area contributed by atoms with E-state index in [2.05, 4.69) is 11.0 Å². The minimum absolute atomic E-state index is 0.647. The van der Waals surface area contributed by atoms with Crippen LogP contribution in [0.1, 0.15) is 0 Å². The third kappa shape index (κ3) is 3.72. The van der Waals surface area contributed by atoms with Crippen molar-refractivity contribution in [1.82, 2.24) is 4.90 Å². The lowest BCUT2D eigenvalue weighted by molar-refractivity contribution is 0.262. The Kier molecular flexibility index (Phi) is 4.83. The first kappa shape index (κ1) is 13.9. The molecule has 2 aromatic rings. The predicted octanol–water partition coefficient (Wildman–Crippen LogP) is 3.75. The molecule has 99 valence electrons. The van der Waals surface area contributed by atoms with Crippen LogP contribution in [0.5, 0.6) is 5.75 Å². The molecular weight excluding hydrogens is 258 g/mol. The van der Waals surface area contributed by atoms with Gasteiger partial charge >= 0.3 is 0 Å². The van der Waals surface area contributed by atoms with Crippen molar-refractivity contribution in [3.8, 4) is 16.9 Å². The lowest BCUT2D eigenvalue weighted by atomic mass is 10.0. The van der Waals surface area contributed by atoms with Crippen molar-refractivity contribution in [3.63, 3.8) is 0 Å². The van der Waals surface area contributed by atoms with E-state index in [0.717, 1.165) is 23.4 Å². The fourth-order valence-electron chi connectivity index (χ4n) is 1.76. The van der Waals surface area contributed by atoms with E-state index in [0.29, 0.717) is 11.6 Å². The third-order valence-electron chi connectivity index (χ3n) is 2.76. The van der Waals surface area contributed by atoms with Gasteiger partial charge in [0.1, 0.15) is 12.4 Å². The van der Waals surface area contributed by atoms with Gasteiger partial charge < -0.3 is 9.64 Å². The van der Waals surface area contributed by atoms with E-state index in [9.17, 15) is 0 Å². The Bertz CT molecular complexity index is 540. The maximum Gasteiger partial charge on any atom is 0.127 e. The number of hydrogen-bond donors (Lipinski definition) is 0. The van der Waals surface area contributed by atoms with E-state index >= 15 is 0 Å². The van der Waals surface area contributed by atoms with Crippen LogP contribution in [0.3, 0.4) is 0 Å². The number of nitrogens with zero attached hydrogens (tertiary/aromatic N) is 1. The second-order valence-corrected chi connectivity index (χ2v) is 4.95. The zero-order valence-electron chi connectivity index (χ0n) is 11.2. The molecule has 2 nitrogen and oxygen atoms in total. The highest BCUT2D eigenvalue weighted by Crippen LogP contribution is 2.34. The molecule has 0 bridgehead atoms. The molecule has 0 saturated heterocycles. The monoisotopic (exact) mass is 274 g/mol. The average molecular weight is 275 g/mol. The highest BCUT2D eigenvalue weighted by molar-refractivity contribution is 6.33. The number of halogens is 1. The molecule has 2 rings (SSSR count). The Labute approximate surface area is 119 Å². The van der Waals surface area contributed by atoms with Crippen molar-refractivity contribution in [3.05, 3.63) is 53.6 Å². The number of likely N-dealkylation sites (N-methyl/N-ethyl adjacent to an activating group) is 1. The van der Waals surface area contributed by atoms with Crippen molar-refractivity contribution in [2.24, 2.45) is 0 Å². The summed E-state index contributed by atoms with van der Waals surface area (Å²) in [6.07, 6.45) is 0. The molecule has 3 heteroatoms. The maximum atomic E-state index is 6.22. The van der Waals surface area contributed by atoms with Crippen LogP contribution in [0.2, 0.25) is 5.02 Å². The summed E-state index contributed by atoms with van der Waals surface area (Å²) < 4.78 is 5.84. The average Bonchev–Trinajstić information content (AvgIpc) is 2.40. The molecule has 2 aromatic carbocycles. The Morgan fingerprint density at radius 2 is 1.95 bits per heavy atom. The van der Waals surface area contributed by atoms with E-state index in [1.54, 1.807) is 0 Å². The van der Waals surface area contributed by atoms with Gasteiger partial charge in [0, 0.05) is 22.7 Å². The van der Waals surface area contributed by atoms with Crippen LogP contribution >= 0.6 is 11.6 Å². The summed E-state index contributed by atoms with van der Waals surface area (Å²) >= 11 is 6.22. The van der Waals surface area contributed by atoms with Crippen molar-refractivity contribution < 1.29 is 4.74 Å². The Morgan fingerprint density at radius 1 is 1.16 bits per heavy atom. The molecule has 0 aliphatic rings. The number of benzene rings is 2. The molecule has 1 radical (unpaired) electrons. The van der Waals surface area contributed by atoms with Crippen molar-refractivity contribution in [2.45, 2.75) is 0 Å². The molecule has 0 aliphatic carbocycles. The van der Waals surface area contributed by atoms with Gasteiger partial charge in [-0.1, -0.05) is 41.9 Å². The van der Waals surface area contributed by atoms with Crippen LogP contribution in [0.15, 0.2) is 42.5 Å². The van der Waals surface area contributed by atoms with Crippen LogP contribution in [-0.4, -0.2) is 32.1 Å². The quantitative estimate of drug-likeness (QED) is 0.823. The number of hydrogen-bond acceptors (Lipinski definition) is 2. The molecule has 0 amide bonds. The van der Waals surface area contributed by atoms with Gasteiger partial charge in [-0.15, -0.1) is 0 Å². The molecule has 0 heterocycles.